The van der Waals surface area contributed by atoms with Gasteiger partial charge in [-0.1, -0.05) is 66.8 Å². The highest BCUT2D eigenvalue weighted by Gasteiger charge is 2.02. The van der Waals surface area contributed by atoms with E-state index in [9.17, 15) is 0 Å². The van der Waals surface area contributed by atoms with Crippen LogP contribution in [0.5, 0.6) is 0 Å². The number of nitrogens with zero attached hydrogens (tertiary/aromatic N) is 1. The smallest absolute Gasteiger partial charge is 0.0157 e. The van der Waals surface area contributed by atoms with Crippen LogP contribution >= 0.6 is 0 Å². The summed E-state index contributed by atoms with van der Waals surface area (Å²) < 4.78 is 0. The molecule has 0 bridgehead atoms. The Morgan fingerprint density at radius 3 is 2.60 bits per heavy atom. The standard InChI is InChI=1S/C19H14N/c1-2-7-14(6-1)15-9-5-10-16(12-15)19-13-17-8-3-4-11-18(17)20-19/h1,3-13H,2H2/q-1. The molecule has 1 aliphatic rings. The van der Waals surface area contributed by atoms with Gasteiger partial charge in [-0.15, -0.1) is 11.2 Å². The summed E-state index contributed by atoms with van der Waals surface area (Å²) >= 11 is 0. The quantitative estimate of drug-likeness (QED) is 0.642. The predicted octanol–water partition coefficient (Wildman–Crippen LogP) is 4.81. The second-order valence-corrected chi connectivity index (χ2v) is 5.08. The molecule has 2 aromatic carbocycles. The molecule has 4 rings (SSSR count). The van der Waals surface area contributed by atoms with Gasteiger partial charge in [0.15, 0.2) is 0 Å². The Hall–Kier alpha value is -2.54. The van der Waals surface area contributed by atoms with E-state index in [2.05, 4.69) is 66.8 Å². The molecule has 0 N–H and O–H groups in total. The van der Waals surface area contributed by atoms with Gasteiger partial charge in [0.25, 0.3) is 0 Å². The number of allylic oxidation sites excluding steroid dienone is 4. The first-order valence-corrected chi connectivity index (χ1v) is 6.90. The first-order valence-electron chi connectivity index (χ1n) is 6.90. The molecule has 96 valence electrons. The number of fused-ring (bicyclic) bond motifs is 1. The van der Waals surface area contributed by atoms with E-state index in [1.807, 2.05) is 6.07 Å². The summed E-state index contributed by atoms with van der Waals surface area (Å²) in [5.41, 5.74) is 5.87. The van der Waals surface area contributed by atoms with Crippen molar-refractivity contribution in [1.29, 1.82) is 0 Å². The predicted molar refractivity (Wildman–Crippen MR) is 84.4 cm³/mol. The Morgan fingerprint density at radius 2 is 1.75 bits per heavy atom. The molecule has 1 heteroatoms. The van der Waals surface area contributed by atoms with E-state index < -0.39 is 0 Å². The fourth-order valence-corrected chi connectivity index (χ4v) is 2.70. The van der Waals surface area contributed by atoms with E-state index >= 15 is 0 Å². The highest BCUT2D eigenvalue weighted by atomic mass is 14.7. The molecule has 0 amide bonds. The van der Waals surface area contributed by atoms with Crippen molar-refractivity contribution in [3.05, 3.63) is 78.4 Å². The molecule has 1 nitrogen and oxygen atoms in total. The fraction of sp³-hybridized carbons (Fsp3) is 0.0526. The Morgan fingerprint density at radius 1 is 0.850 bits per heavy atom. The van der Waals surface area contributed by atoms with Gasteiger partial charge in [0.1, 0.15) is 0 Å². The second kappa shape index (κ2) is 4.53. The van der Waals surface area contributed by atoms with Crippen molar-refractivity contribution in [2.75, 3.05) is 0 Å². The van der Waals surface area contributed by atoms with Gasteiger partial charge in [-0.2, -0.15) is 0 Å². The SMILES string of the molecule is C1=CC(c2cccc(-c3cc4ccccc4[n-]3)c2)=CC1. The average molecular weight is 256 g/mol. The number of hydrogen-bond acceptors (Lipinski definition) is 0. The average Bonchev–Trinajstić information content (AvgIpc) is 3.16. The summed E-state index contributed by atoms with van der Waals surface area (Å²) in [4.78, 5) is 4.71. The van der Waals surface area contributed by atoms with Gasteiger partial charge in [0.2, 0.25) is 0 Å². The van der Waals surface area contributed by atoms with E-state index in [-0.39, 0.29) is 0 Å². The summed E-state index contributed by atoms with van der Waals surface area (Å²) in [6.07, 6.45) is 7.68. The van der Waals surface area contributed by atoms with E-state index in [0.29, 0.717) is 0 Å². The molecule has 3 aromatic rings. The summed E-state index contributed by atoms with van der Waals surface area (Å²) in [6, 6.07) is 19.0. The minimum atomic E-state index is 1.04. The van der Waals surface area contributed by atoms with Gasteiger partial charge in [-0.05, 0) is 34.6 Å². The third-order valence-corrected chi connectivity index (χ3v) is 3.73. The van der Waals surface area contributed by atoms with Crippen LogP contribution in [0.15, 0.2) is 72.8 Å². The number of para-hydroxylation sites is 1. The molecule has 1 heterocycles. The molecule has 0 radical (unpaired) electrons. The zero-order valence-corrected chi connectivity index (χ0v) is 11.1. The van der Waals surface area contributed by atoms with Crippen LogP contribution in [0, 0.1) is 0 Å². The van der Waals surface area contributed by atoms with Gasteiger partial charge in [0.05, 0.1) is 0 Å². The van der Waals surface area contributed by atoms with Gasteiger partial charge in [-0.3, -0.25) is 0 Å². The van der Waals surface area contributed by atoms with Gasteiger partial charge in [0, 0.05) is 0 Å². The van der Waals surface area contributed by atoms with Crippen LogP contribution in [-0.4, -0.2) is 0 Å². The van der Waals surface area contributed by atoms with Crippen molar-refractivity contribution in [1.82, 2.24) is 4.98 Å². The molecule has 0 atom stereocenters. The van der Waals surface area contributed by atoms with Crippen LogP contribution in [-0.2, 0) is 0 Å². The van der Waals surface area contributed by atoms with E-state index in [1.165, 1.54) is 22.1 Å². The number of rotatable bonds is 2. The third kappa shape index (κ3) is 1.88. The molecular weight excluding hydrogens is 242 g/mol. The number of hydrogen-bond donors (Lipinski definition) is 0. The highest BCUT2D eigenvalue weighted by molar-refractivity contribution is 5.86. The number of benzene rings is 2. The normalized spacial score (nSPS) is 13.9. The van der Waals surface area contributed by atoms with E-state index in [0.717, 1.165) is 17.6 Å². The minimum absolute atomic E-state index is 1.04. The lowest BCUT2D eigenvalue weighted by molar-refractivity contribution is 1.41. The Bertz CT molecular complexity index is 801. The first kappa shape index (κ1) is 11.3. The van der Waals surface area contributed by atoms with Crippen molar-refractivity contribution in [2.45, 2.75) is 6.42 Å². The maximum atomic E-state index is 4.71. The van der Waals surface area contributed by atoms with Crippen LogP contribution in [0.25, 0.3) is 27.7 Å². The minimum Gasteiger partial charge on any atom is -0.657 e. The van der Waals surface area contributed by atoms with E-state index in [1.54, 1.807) is 0 Å². The first-order chi connectivity index (χ1) is 9.90. The van der Waals surface area contributed by atoms with Crippen molar-refractivity contribution in [3.8, 4) is 11.3 Å². The molecule has 0 saturated heterocycles. The summed E-state index contributed by atoms with van der Waals surface area (Å²) in [5, 5.41) is 1.20. The molecule has 1 aromatic heterocycles. The molecule has 0 saturated carbocycles. The Labute approximate surface area is 118 Å². The summed E-state index contributed by atoms with van der Waals surface area (Å²) in [5.74, 6) is 0. The van der Waals surface area contributed by atoms with Gasteiger partial charge < -0.3 is 4.98 Å². The molecule has 0 unspecified atom stereocenters. The largest absolute Gasteiger partial charge is 0.657 e. The molecule has 20 heavy (non-hydrogen) atoms. The zero-order chi connectivity index (χ0) is 13.4. The van der Waals surface area contributed by atoms with Crippen LogP contribution in [0.1, 0.15) is 12.0 Å². The van der Waals surface area contributed by atoms with Crippen molar-refractivity contribution < 1.29 is 0 Å². The Balaban J connectivity index is 1.81. The van der Waals surface area contributed by atoms with E-state index in [4.69, 9.17) is 4.98 Å². The lowest BCUT2D eigenvalue weighted by Gasteiger charge is -2.09. The highest BCUT2D eigenvalue weighted by Crippen LogP contribution is 2.28. The van der Waals surface area contributed by atoms with Crippen LogP contribution in [0.3, 0.4) is 0 Å². The van der Waals surface area contributed by atoms with Crippen LogP contribution < -0.4 is 4.98 Å². The Kier molecular flexibility index (Phi) is 2.56. The van der Waals surface area contributed by atoms with Crippen molar-refractivity contribution in [2.24, 2.45) is 0 Å². The molecule has 0 fully saturated rings. The molecular formula is C19H14N-. The van der Waals surface area contributed by atoms with Crippen molar-refractivity contribution in [3.63, 3.8) is 0 Å². The maximum absolute atomic E-state index is 4.71. The zero-order valence-electron chi connectivity index (χ0n) is 11.1. The van der Waals surface area contributed by atoms with Gasteiger partial charge in [-0.25, -0.2) is 0 Å². The lowest BCUT2D eigenvalue weighted by atomic mass is 10.0. The van der Waals surface area contributed by atoms with Crippen molar-refractivity contribution >= 4 is 16.5 Å². The molecule has 0 aliphatic heterocycles. The maximum Gasteiger partial charge on any atom is -0.0157 e. The monoisotopic (exact) mass is 256 g/mol. The fourth-order valence-electron chi connectivity index (χ4n) is 2.70. The second-order valence-electron chi connectivity index (χ2n) is 5.08. The molecule has 0 spiro atoms. The lowest BCUT2D eigenvalue weighted by Crippen LogP contribution is -1.83. The van der Waals surface area contributed by atoms with Crippen LogP contribution in [0.2, 0.25) is 0 Å². The summed E-state index contributed by atoms with van der Waals surface area (Å²) in [7, 11) is 0. The summed E-state index contributed by atoms with van der Waals surface area (Å²) in [6.45, 7) is 0. The third-order valence-electron chi connectivity index (χ3n) is 3.73. The topological polar surface area (TPSA) is 14.1 Å². The molecule has 1 aliphatic carbocycles. The van der Waals surface area contributed by atoms with Crippen LogP contribution in [0.4, 0.5) is 0 Å². The van der Waals surface area contributed by atoms with Gasteiger partial charge >= 0.3 is 0 Å². The number of aromatic nitrogens is 1.